The van der Waals surface area contributed by atoms with E-state index in [9.17, 15) is 14.4 Å². The Morgan fingerprint density at radius 1 is 0.913 bits per heavy atom. The molecule has 0 radical (unpaired) electrons. The van der Waals surface area contributed by atoms with Gasteiger partial charge in [0.05, 0.1) is 6.42 Å². The summed E-state index contributed by atoms with van der Waals surface area (Å²) in [7, 11) is 0. The van der Waals surface area contributed by atoms with Crippen LogP contribution in [0.25, 0.3) is 0 Å². The van der Waals surface area contributed by atoms with Crippen molar-refractivity contribution in [3.05, 3.63) is 68.1 Å². The molecule has 0 aliphatic carbocycles. The van der Waals surface area contributed by atoms with Crippen molar-refractivity contribution in [3.8, 4) is 0 Å². The minimum atomic E-state index is -1.59. The number of carboxylic acid groups (broad SMARTS) is 1. The lowest BCUT2D eigenvalue weighted by Crippen LogP contribution is -2.17. The van der Waals surface area contributed by atoms with E-state index in [-0.39, 0.29) is 0 Å². The first-order chi connectivity index (χ1) is 10.8. The summed E-state index contributed by atoms with van der Waals surface area (Å²) in [5, 5.41) is 8.57. The Kier molecular flexibility index (Phi) is 5.85. The Hall–Kier alpha value is -1.79. The van der Waals surface area contributed by atoms with Gasteiger partial charge in [0.2, 0.25) is 5.78 Å². The molecule has 0 spiro atoms. The van der Waals surface area contributed by atoms with Crippen LogP contribution in [0.3, 0.4) is 0 Å². The van der Waals surface area contributed by atoms with Gasteiger partial charge in [0, 0.05) is 14.5 Å². The van der Waals surface area contributed by atoms with Crippen LogP contribution in [0.4, 0.5) is 0 Å². The first kappa shape index (κ1) is 17.6. The highest BCUT2D eigenvalue weighted by Gasteiger charge is 2.17. The molecular weight excluding hydrogens is 428 g/mol. The Bertz CT molecular complexity index is 764. The van der Waals surface area contributed by atoms with E-state index in [1.807, 2.05) is 24.3 Å². The molecule has 0 fully saturated rings. The highest BCUT2D eigenvalue weighted by Crippen LogP contribution is 2.22. The highest BCUT2D eigenvalue weighted by atomic mass is 79.9. The third-order valence-electron chi connectivity index (χ3n) is 3.14. The van der Waals surface area contributed by atoms with E-state index in [0.717, 1.165) is 20.1 Å². The summed E-state index contributed by atoms with van der Waals surface area (Å²) in [6.45, 7) is 0. The van der Waals surface area contributed by atoms with Gasteiger partial charge in [-0.1, -0.05) is 50.1 Å². The van der Waals surface area contributed by atoms with Crippen LogP contribution in [0, 0.1) is 0 Å². The zero-order valence-corrected chi connectivity index (χ0v) is 15.1. The lowest BCUT2D eigenvalue weighted by atomic mass is 9.99. The van der Waals surface area contributed by atoms with Crippen molar-refractivity contribution in [2.75, 3.05) is 0 Å². The summed E-state index contributed by atoms with van der Waals surface area (Å²) in [6, 6.07) is 12.8. The van der Waals surface area contributed by atoms with Gasteiger partial charge >= 0.3 is 5.97 Å². The summed E-state index contributed by atoms with van der Waals surface area (Å²) in [5.74, 6) is -3.18. The number of carbonyl (C=O) groups excluding carboxylic acids is 2. The number of hydrogen-bond acceptors (Lipinski definition) is 3. The van der Waals surface area contributed by atoms with Crippen LogP contribution in [0.1, 0.15) is 27.9 Å². The van der Waals surface area contributed by atoms with Crippen molar-refractivity contribution >= 4 is 49.4 Å². The van der Waals surface area contributed by atoms with Crippen molar-refractivity contribution < 1.29 is 19.5 Å². The maximum Gasteiger partial charge on any atom is 0.372 e. The Morgan fingerprint density at radius 2 is 1.57 bits per heavy atom. The number of benzene rings is 2. The van der Waals surface area contributed by atoms with Gasteiger partial charge in [-0.05, 0) is 41.8 Å². The summed E-state index contributed by atoms with van der Waals surface area (Å²) in [5.41, 5.74) is 2.30. The molecule has 6 heteroatoms. The van der Waals surface area contributed by atoms with Crippen LogP contribution in [0.15, 0.2) is 51.4 Å². The highest BCUT2D eigenvalue weighted by molar-refractivity contribution is 9.11. The largest absolute Gasteiger partial charge is 0.475 e. The van der Waals surface area contributed by atoms with E-state index < -0.39 is 24.0 Å². The molecule has 4 nitrogen and oxygen atoms in total. The maximum atomic E-state index is 12.0. The number of Topliss-reactive ketones (excluding diaryl/α,β-unsaturated/α-hetero) is 2. The average Bonchev–Trinajstić information content (AvgIpc) is 2.46. The van der Waals surface area contributed by atoms with Gasteiger partial charge in [-0.2, -0.15) is 0 Å². The molecule has 0 aliphatic rings. The first-order valence-electron chi connectivity index (χ1n) is 6.68. The third kappa shape index (κ3) is 5.11. The SMILES string of the molecule is O=C(O)C(=O)CC(=O)c1cccc(Cc2cc(Br)cc(Br)c2)c1. The average molecular weight is 440 g/mol. The van der Waals surface area contributed by atoms with Crippen LogP contribution in [-0.4, -0.2) is 22.6 Å². The quantitative estimate of drug-likeness (QED) is 0.419. The molecule has 2 aromatic carbocycles. The van der Waals surface area contributed by atoms with E-state index in [1.165, 1.54) is 0 Å². The fraction of sp³-hybridized carbons (Fsp3) is 0.118. The summed E-state index contributed by atoms with van der Waals surface area (Å²) in [4.78, 5) is 33.6. The van der Waals surface area contributed by atoms with Crippen LogP contribution in [0.5, 0.6) is 0 Å². The van der Waals surface area contributed by atoms with E-state index in [0.29, 0.717) is 12.0 Å². The first-order valence-corrected chi connectivity index (χ1v) is 8.27. The molecule has 118 valence electrons. The van der Waals surface area contributed by atoms with Gasteiger partial charge in [-0.3, -0.25) is 9.59 Å². The Balaban J connectivity index is 2.18. The number of carbonyl (C=O) groups is 3. The monoisotopic (exact) mass is 438 g/mol. The lowest BCUT2D eigenvalue weighted by Gasteiger charge is -2.06. The second-order valence-electron chi connectivity index (χ2n) is 4.98. The van der Waals surface area contributed by atoms with Gasteiger partial charge in [0.1, 0.15) is 0 Å². The van der Waals surface area contributed by atoms with E-state index in [1.54, 1.807) is 18.2 Å². The van der Waals surface area contributed by atoms with Gasteiger partial charge in [-0.15, -0.1) is 0 Å². The van der Waals surface area contributed by atoms with Crippen molar-refractivity contribution in [2.24, 2.45) is 0 Å². The molecule has 2 aromatic rings. The lowest BCUT2D eigenvalue weighted by molar-refractivity contribution is -0.148. The number of ketones is 2. The van der Waals surface area contributed by atoms with Crippen molar-refractivity contribution in [2.45, 2.75) is 12.8 Å². The molecule has 23 heavy (non-hydrogen) atoms. The van der Waals surface area contributed by atoms with Gasteiger partial charge < -0.3 is 5.11 Å². The third-order valence-corrected chi connectivity index (χ3v) is 4.05. The number of halogens is 2. The van der Waals surface area contributed by atoms with Gasteiger partial charge in [0.15, 0.2) is 5.78 Å². The molecule has 0 atom stereocenters. The standard InChI is InChI=1S/C17H12Br2O4/c18-13-6-11(7-14(19)8-13)4-10-2-1-3-12(5-10)15(20)9-16(21)17(22)23/h1-3,5-8H,4,9H2,(H,22,23). The normalized spacial score (nSPS) is 10.3. The topological polar surface area (TPSA) is 71.4 Å². The minimum Gasteiger partial charge on any atom is -0.475 e. The fourth-order valence-corrected chi connectivity index (χ4v) is 3.52. The van der Waals surface area contributed by atoms with Crippen LogP contribution >= 0.6 is 31.9 Å². The van der Waals surface area contributed by atoms with Crippen molar-refractivity contribution in [3.63, 3.8) is 0 Å². The minimum absolute atomic E-state index is 0.339. The molecule has 0 saturated heterocycles. The molecule has 0 aliphatic heterocycles. The van der Waals surface area contributed by atoms with Crippen molar-refractivity contribution in [1.82, 2.24) is 0 Å². The smallest absolute Gasteiger partial charge is 0.372 e. The Morgan fingerprint density at radius 3 is 2.17 bits per heavy atom. The van der Waals surface area contributed by atoms with Crippen LogP contribution in [0.2, 0.25) is 0 Å². The fourth-order valence-electron chi connectivity index (χ4n) is 2.13. The maximum absolute atomic E-state index is 12.0. The number of aliphatic carboxylic acids is 1. The van der Waals surface area contributed by atoms with Crippen LogP contribution < -0.4 is 0 Å². The molecular formula is C17H12Br2O4. The zero-order valence-electron chi connectivity index (χ0n) is 11.9. The van der Waals surface area contributed by atoms with E-state index in [2.05, 4.69) is 31.9 Å². The molecule has 0 heterocycles. The Labute approximate surface area is 149 Å². The summed E-state index contributed by atoms with van der Waals surface area (Å²) in [6.07, 6.45) is -0.00669. The molecule has 1 N–H and O–H groups in total. The van der Waals surface area contributed by atoms with E-state index in [4.69, 9.17) is 5.11 Å². The molecule has 0 amide bonds. The molecule has 0 saturated carbocycles. The van der Waals surface area contributed by atoms with Gasteiger partial charge in [0.25, 0.3) is 0 Å². The number of carboxylic acids is 1. The van der Waals surface area contributed by atoms with Crippen LogP contribution in [-0.2, 0) is 16.0 Å². The molecule has 0 aromatic heterocycles. The second kappa shape index (κ2) is 7.66. The second-order valence-corrected chi connectivity index (χ2v) is 6.81. The van der Waals surface area contributed by atoms with E-state index >= 15 is 0 Å². The molecule has 0 unspecified atom stereocenters. The van der Waals surface area contributed by atoms with Gasteiger partial charge in [-0.25, -0.2) is 4.79 Å². The number of hydrogen-bond donors (Lipinski definition) is 1. The summed E-state index contributed by atoms with van der Waals surface area (Å²) >= 11 is 6.85. The predicted molar refractivity (Wildman–Crippen MR) is 92.7 cm³/mol. The predicted octanol–water partition coefficient (Wildman–Crippen LogP) is 4.03. The van der Waals surface area contributed by atoms with Crippen molar-refractivity contribution in [1.29, 1.82) is 0 Å². The number of rotatable bonds is 6. The zero-order chi connectivity index (χ0) is 17.0. The molecule has 2 rings (SSSR count). The summed E-state index contributed by atoms with van der Waals surface area (Å²) < 4.78 is 1.89. The molecule has 0 bridgehead atoms.